The first-order valence-electron chi connectivity index (χ1n) is 13.5. The number of carbonyl (C=O) groups excluding carboxylic acids is 2. The van der Waals surface area contributed by atoms with Crippen molar-refractivity contribution in [1.82, 2.24) is 9.97 Å². The molecule has 0 saturated heterocycles. The van der Waals surface area contributed by atoms with Crippen molar-refractivity contribution in [3.63, 3.8) is 0 Å². The summed E-state index contributed by atoms with van der Waals surface area (Å²) in [6.07, 6.45) is 8.90. The predicted molar refractivity (Wildman–Crippen MR) is 170 cm³/mol. The van der Waals surface area contributed by atoms with Crippen LogP contribution in [0.2, 0.25) is 0 Å². The molecule has 208 valence electrons. The molecule has 0 bridgehead atoms. The fraction of sp³-hybridized carbons (Fsp3) is 0.212. The summed E-state index contributed by atoms with van der Waals surface area (Å²) in [5.74, 6) is 0.00611. The number of hydrogen-bond acceptors (Lipinski definition) is 6. The normalized spacial score (nSPS) is 13.2. The summed E-state index contributed by atoms with van der Waals surface area (Å²) in [4.78, 5) is 40.2. The fourth-order valence-corrected chi connectivity index (χ4v) is 6.52. The number of anilines is 2. The second-order valence-electron chi connectivity index (χ2n) is 9.91. The van der Waals surface area contributed by atoms with Gasteiger partial charge in [0.05, 0.1) is 29.5 Å². The Morgan fingerprint density at radius 2 is 1.90 bits per heavy atom. The molecule has 0 radical (unpaired) electrons. The van der Waals surface area contributed by atoms with Gasteiger partial charge in [-0.05, 0) is 56.0 Å². The second-order valence-corrected chi connectivity index (χ2v) is 11.9. The van der Waals surface area contributed by atoms with Crippen LogP contribution in [0.5, 0.6) is 0 Å². The number of aryl methyl sites for hydroxylation is 3. The first-order chi connectivity index (χ1) is 19.8. The Morgan fingerprint density at radius 3 is 2.63 bits per heavy atom. The lowest BCUT2D eigenvalue weighted by Crippen LogP contribution is -2.36. The van der Waals surface area contributed by atoms with Gasteiger partial charge in [-0.2, -0.15) is 0 Å². The van der Waals surface area contributed by atoms with Crippen LogP contribution in [-0.4, -0.2) is 28.3 Å². The van der Waals surface area contributed by atoms with E-state index in [2.05, 4.69) is 17.6 Å². The van der Waals surface area contributed by atoms with Crippen LogP contribution in [0.25, 0.3) is 11.3 Å². The fourth-order valence-electron chi connectivity index (χ4n) is 4.82. The number of fused-ring (bicyclic) bond motifs is 1. The van der Waals surface area contributed by atoms with E-state index in [4.69, 9.17) is 4.98 Å². The van der Waals surface area contributed by atoms with Crippen LogP contribution in [0.1, 0.15) is 44.8 Å². The molecule has 1 aliphatic rings. The molecule has 3 heterocycles. The number of aromatic nitrogens is 2. The molecule has 8 heteroatoms. The molecular formula is C33H32N4O2S2. The number of benzene rings is 2. The molecule has 0 fully saturated rings. The molecule has 0 aliphatic carbocycles. The van der Waals surface area contributed by atoms with Crippen molar-refractivity contribution < 1.29 is 9.59 Å². The minimum atomic E-state index is -0.0962. The second kappa shape index (κ2) is 12.6. The van der Waals surface area contributed by atoms with Crippen molar-refractivity contribution in [2.24, 2.45) is 0 Å². The van der Waals surface area contributed by atoms with E-state index in [1.54, 1.807) is 4.90 Å². The van der Waals surface area contributed by atoms with Crippen molar-refractivity contribution in [3.05, 3.63) is 117 Å². The van der Waals surface area contributed by atoms with Gasteiger partial charge in [0.15, 0.2) is 5.13 Å². The zero-order valence-corrected chi connectivity index (χ0v) is 25.1. The minimum Gasteiger partial charge on any atom is -0.308 e. The third kappa shape index (κ3) is 6.45. The van der Waals surface area contributed by atoms with Gasteiger partial charge in [0, 0.05) is 23.1 Å². The van der Waals surface area contributed by atoms with Gasteiger partial charge in [-0.15, -0.1) is 22.7 Å². The van der Waals surface area contributed by atoms with E-state index >= 15 is 0 Å². The minimum absolute atomic E-state index is 0.0962. The summed E-state index contributed by atoms with van der Waals surface area (Å²) >= 11 is 2.87. The maximum absolute atomic E-state index is 13.8. The lowest BCUT2D eigenvalue weighted by molar-refractivity contribution is -0.118. The Hall–Kier alpha value is -4.14. The van der Waals surface area contributed by atoms with Crippen LogP contribution in [0, 0.1) is 13.8 Å². The van der Waals surface area contributed by atoms with Gasteiger partial charge in [0.2, 0.25) is 5.91 Å². The van der Waals surface area contributed by atoms with Gasteiger partial charge in [-0.25, -0.2) is 9.97 Å². The summed E-state index contributed by atoms with van der Waals surface area (Å²) in [6, 6.07) is 16.1. The smallest absolute Gasteiger partial charge is 0.272 e. The zero-order valence-electron chi connectivity index (χ0n) is 23.5. The molecule has 5 rings (SSSR count). The summed E-state index contributed by atoms with van der Waals surface area (Å²) in [5.41, 5.74) is 6.42. The van der Waals surface area contributed by atoms with E-state index in [1.165, 1.54) is 22.7 Å². The molecule has 0 saturated carbocycles. The summed E-state index contributed by atoms with van der Waals surface area (Å²) in [5, 5.41) is 3.49. The van der Waals surface area contributed by atoms with Crippen LogP contribution >= 0.6 is 22.7 Å². The van der Waals surface area contributed by atoms with Crippen LogP contribution in [0.3, 0.4) is 0 Å². The number of allylic oxidation sites excluding steroid dienone is 3. The first-order valence-corrected chi connectivity index (χ1v) is 15.2. The number of carbonyl (C=O) groups is 2. The maximum atomic E-state index is 13.8. The highest BCUT2D eigenvalue weighted by Crippen LogP contribution is 2.35. The molecule has 0 spiro atoms. The van der Waals surface area contributed by atoms with E-state index < -0.39 is 0 Å². The molecule has 6 nitrogen and oxygen atoms in total. The quantitative estimate of drug-likeness (QED) is 0.190. The van der Waals surface area contributed by atoms with Gasteiger partial charge in [-0.3, -0.25) is 14.5 Å². The molecule has 1 aliphatic heterocycles. The van der Waals surface area contributed by atoms with E-state index in [0.717, 1.165) is 44.3 Å². The number of thiazole rings is 2. The topological polar surface area (TPSA) is 66.4 Å². The molecule has 0 unspecified atom stereocenters. The van der Waals surface area contributed by atoms with E-state index in [9.17, 15) is 9.59 Å². The number of hydrogen-bond donors (Lipinski definition) is 0. The largest absolute Gasteiger partial charge is 0.308 e. The van der Waals surface area contributed by atoms with Gasteiger partial charge in [0.25, 0.3) is 5.91 Å². The van der Waals surface area contributed by atoms with Crippen LogP contribution in [-0.2, 0) is 17.8 Å². The highest BCUT2D eigenvalue weighted by Gasteiger charge is 2.27. The van der Waals surface area contributed by atoms with Crippen molar-refractivity contribution in [1.29, 1.82) is 0 Å². The average molecular weight is 581 g/mol. The SMILES string of the molecule is C=C(/C=C\C=C/C)CN1C(=O)CCc2cc(-c3csc(N(Cc4ccccc4)C(=O)c4sc(C)nc4C)n3)ccc21. The van der Waals surface area contributed by atoms with Gasteiger partial charge in [0.1, 0.15) is 4.88 Å². The zero-order chi connectivity index (χ0) is 28.9. The third-order valence-corrected chi connectivity index (χ3v) is 8.75. The molecule has 2 aromatic heterocycles. The Bertz CT molecular complexity index is 1650. The molecule has 0 N–H and O–H groups in total. The van der Waals surface area contributed by atoms with Gasteiger partial charge in [-0.1, -0.05) is 67.3 Å². The van der Waals surface area contributed by atoms with Crippen LogP contribution in [0.15, 0.2) is 90.4 Å². The Kier molecular flexibility index (Phi) is 8.71. The van der Waals surface area contributed by atoms with Crippen molar-refractivity contribution in [2.75, 3.05) is 16.3 Å². The summed E-state index contributed by atoms with van der Waals surface area (Å²) in [6.45, 7) is 10.7. The highest BCUT2D eigenvalue weighted by molar-refractivity contribution is 7.15. The van der Waals surface area contributed by atoms with E-state index in [0.29, 0.717) is 35.9 Å². The standard InChI is InChI=1S/C33H32N4O2S2/c1-5-6-8-11-22(2)19-36-29-16-14-26(18-27(29)15-17-30(36)38)28-21-40-33(35-28)37(20-25-12-9-7-10-13-25)32(39)31-23(3)34-24(4)41-31/h5-14,16,18,21H,2,15,17,19-20H2,1,3-4H3/b6-5-,11-8-. The van der Waals surface area contributed by atoms with Crippen LogP contribution < -0.4 is 9.80 Å². The first kappa shape index (κ1) is 28.4. The number of rotatable bonds is 9. The Balaban J connectivity index is 1.43. The predicted octanol–water partition coefficient (Wildman–Crippen LogP) is 7.70. The van der Waals surface area contributed by atoms with Crippen molar-refractivity contribution in [2.45, 2.75) is 40.2 Å². The Morgan fingerprint density at radius 1 is 1.10 bits per heavy atom. The lowest BCUT2D eigenvalue weighted by Gasteiger charge is -2.30. The molecular weight excluding hydrogens is 549 g/mol. The molecule has 4 aromatic rings. The Labute approximate surface area is 249 Å². The monoisotopic (exact) mass is 580 g/mol. The third-order valence-electron chi connectivity index (χ3n) is 6.82. The lowest BCUT2D eigenvalue weighted by atomic mass is 9.97. The maximum Gasteiger partial charge on any atom is 0.272 e. The highest BCUT2D eigenvalue weighted by atomic mass is 32.1. The molecule has 2 aromatic carbocycles. The number of amides is 2. The molecule has 41 heavy (non-hydrogen) atoms. The van der Waals surface area contributed by atoms with Crippen molar-refractivity contribution >= 4 is 45.3 Å². The molecule has 2 amide bonds. The summed E-state index contributed by atoms with van der Waals surface area (Å²) in [7, 11) is 0. The molecule has 0 atom stereocenters. The number of nitrogens with zero attached hydrogens (tertiary/aromatic N) is 4. The van der Waals surface area contributed by atoms with Crippen LogP contribution in [0.4, 0.5) is 10.8 Å². The van der Waals surface area contributed by atoms with E-state index in [-0.39, 0.29) is 11.8 Å². The van der Waals surface area contributed by atoms with Crippen molar-refractivity contribution in [3.8, 4) is 11.3 Å². The average Bonchev–Trinajstić information content (AvgIpc) is 3.59. The van der Waals surface area contributed by atoms with Gasteiger partial charge >= 0.3 is 0 Å². The summed E-state index contributed by atoms with van der Waals surface area (Å²) < 4.78 is 0. The van der Waals surface area contributed by atoms with Gasteiger partial charge < -0.3 is 4.90 Å². The van der Waals surface area contributed by atoms with E-state index in [1.807, 2.05) is 97.8 Å².